The van der Waals surface area contributed by atoms with E-state index in [2.05, 4.69) is 9.97 Å². The summed E-state index contributed by atoms with van der Waals surface area (Å²) in [5.74, 6) is -6.20. The molecule has 0 radical (unpaired) electrons. The van der Waals surface area contributed by atoms with Crippen molar-refractivity contribution in [3.8, 4) is 22.3 Å². The van der Waals surface area contributed by atoms with Crippen LogP contribution in [0, 0.1) is 18.6 Å². The number of hydrogen-bond acceptors (Lipinski definition) is 10. The lowest BCUT2D eigenvalue weighted by atomic mass is 9.98. The van der Waals surface area contributed by atoms with E-state index in [4.69, 9.17) is 45.2 Å². The van der Waals surface area contributed by atoms with Gasteiger partial charge in [0.15, 0.2) is 10.3 Å². The third-order valence-corrected chi connectivity index (χ3v) is 15.4. The molecular weight excluding hydrogens is 1280 g/mol. The van der Waals surface area contributed by atoms with E-state index in [0.29, 0.717) is 50.1 Å². The number of nitrogens with zero attached hydrogens (tertiary/aromatic N) is 8. The zero-order valence-corrected chi connectivity index (χ0v) is 52.6. The maximum atomic E-state index is 15.4. The fraction of sp³-hybridized carbons (Fsp3) is 0.378. The summed E-state index contributed by atoms with van der Waals surface area (Å²) >= 11 is -0.153. The topological polar surface area (TPSA) is 117 Å². The van der Waals surface area contributed by atoms with Crippen molar-refractivity contribution >= 4 is 35.3 Å². The van der Waals surface area contributed by atoms with Gasteiger partial charge in [0, 0.05) is 96.6 Å². The number of fused-ring (bicyclic) bond motifs is 2. The van der Waals surface area contributed by atoms with E-state index in [9.17, 15) is 59.1 Å². The van der Waals surface area contributed by atoms with Crippen LogP contribution in [0.5, 0.6) is 0 Å². The van der Waals surface area contributed by atoms with Gasteiger partial charge in [-0.1, -0.05) is 148 Å². The van der Waals surface area contributed by atoms with Crippen LogP contribution < -0.4 is 11.1 Å². The zero-order valence-electron chi connectivity index (χ0n) is 91.0. The van der Waals surface area contributed by atoms with E-state index in [0.717, 1.165) is 45.0 Å². The largest absolute Gasteiger partial charge is 0.416 e. The number of rotatable bonds is 26. The third kappa shape index (κ3) is 18.6. The van der Waals surface area contributed by atoms with E-state index in [1.54, 1.807) is 0 Å². The van der Waals surface area contributed by atoms with Crippen molar-refractivity contribution in [2.75, 3.05) is 52.0 Å². The Kier molecular flexibility index (Phi) is 12.4. The summed E-state index contributed by atoms with van der Waals surface area (Å²) in [7, 11) is 0. The molecular formula is C74H80F8N8O4S2. The van der Waals surface area contributed by atoms with Gasteiger partial charge in [0.2, 0.25) is 11.8 Å². The zero-order chi connectivity index (χ0) is 104. The molecule has 2 aliphatic rings. The molecule has 2 amide bonds. The van der Waals surface area contributed by atoms with Crippen molar-refractivity contribution in [3.63, 3.8) is 0 Å². The molecule has 1 unspecified atom stereocenters. The van der Waals surface area contributed by atoms with E-state index < -0.39 is 298 Å². The molecule has 0 saturated carbocycles. The van der Waals surface area contributed by atoms with Gasteiger partial charge >= 0.3 is 12.4 Å². The molecule has 8 aromatic rings. The quantitative estimate of drug-likeness (QED) is 0.0295. The summed E-state index contributed by atoms with van der Waals surface area (Å²) in [5, 5.41) is -1.80. The Bertz CT molecular complexity index is 6070. The van der Waals surface area contributed by atoms with Crippen molar-refractivity contribution in [2.24, 2.45) is 0 Å². The van der Waals surface area contributed by atoms with Crippen molar-refractivity contribution < 1.29 is 99.5 Å². The second-order valence-electron chi connectivity index (χ2n) is 19.9. The first-order valence-electron chi connectivity index (χ1n) is 48.1. The van der Waals surface area contributed by atoms with Crippen LogP contribution in [0.4, 0.5) is 35.1 Å². The number of hydrogen-bond donors (Lipinski definition) is 0. The Morgan fingerprint density at radius 1 is 0.604 bits per heavy atom. The Morgan fingerprint density at radius 2 is 1.15 bits per heavy atom. The number of halogens is 8. The van der Waals surface area contributed by atoms with E-state index >= 15 is 4.79 Å². The smallest absolute Gasteiger partial charge is 0.336 e. The van der Waals surface area contributed by atoms with Gasteiger partial charge in [-0.2, -0.15) is 36.3 Å². The van der Waals surface area contributed by atoms with Crippen LogP contribution >= 0.6 is 23.5 Å². The molecule has 0 N–H and O–H groups in total. The molecule has 0 bridgehead atoms. The molecule has 0 spiro atoms. The first kappa shape index (κ1) is 36.1. The van der Waals surface area contributed by atoms with Crippen LogP contribution in [0.1, 0.15) is 170 Å². The predicted octanol–water partition coefficient (Wildman–Crippen LogP) is 15.3. The number of thioether (sulfide) groups is 2. The molecule has 0 saturated heterocycles. The molecule has 2 aliphatic carbocycles. The molecule has 1 atom stereocenters. The molecule has 2 heterocycles. The molecule has 6 aromatic carbocycles. The first-order valence-corrected chi connectivity index (χ1v) is 29.8. The van der Waals surface area contributed by atoms with Gasteiger partial charge in [0.05, 0.1) is 41.8 Å². The van der Waals surface area contributed by atoms with Gasteiger partial charge in [0.25, 0.3) is 11.1 Å². The Morgan fingerprint density at radius 3 is 1.74 bits per heavy atom. The Labute approximate surface area is 620 Å². The summed E-state index contributed by atoms with van der Waals surface area (Å²) < 4.78 is 459. The van der Waals surface area contributed by atoms with E-state index in [1.807, 2.05) is 0 Å². The predicted molar refractivity (Wildman–Crippen MR) is 363 cm³/mol. The van der Waals surface area contributed by atoms with Crippen molar-refractivity contribution in [2.45, 2.75) is 140 Å². The highest BCUT2D eigenvalue weighted by atomic mass is 32.2. The fourth-order valence-corrected chi connectivity index (χ4v) is 10.4. The van der Waals surface area contributed by atoms with Crippen molar-refractivity contribution in [1.82, 2.24) is 38.7 Å². The van der Waals surface area contributed by atoms with Gasteiger partial charge < -0.3 is 28.7 Å². The standard InChI is InChI=1S/2C37H40F4N4O2S/c1-4-43(5-2)21-22-44(25(3)27-11-13-28(14-12-27)29-15-17-30(18-16-29)37(39,40)41)34(46)23-45-33-8-6-7-32(33)35(47)42-36(45)48-24-26-9-19-31(38)20-10-26;1-4-43(5-2)19-20-44(22-26-9-13-28(14-10-26)29-15-18-32(25(3)21-29)37(39,40)41)34(46)23-45-33-8-6-7-31(33)35(47)42-36(45)48-24-27-11-16-30(38)17-12-27/h9-20,25H,4-8,21-24H2,1-3H3;9-18,21H,4-8,19-20,22-24H2,1-3H3/i4D2,5D2,21D2,22D2,24D2,25D;4D2,5D2,6D2,7D2,8D2,9D,10D,11D,12D,13D,14D,15D,16D,17D,18D,19D2,20D2,21D,22D2,24D2. The highest BCUT2D eigenvalue weighted by Gasteiger charge is 2.34. The number of aromatic nitrogens is 4. The minimum Gasteiger partial charge on any atom is -0.336 e. The molecule has 0 aliphatic heterocycles. The minimum atomic E-state index is -5.36. The monoisotopic (exact) mass is 1400 g/mol. The highest BCUT2D eigenvalue weighted by Crippen LogP contribution is 2.36. The molecule has 2 aromatic heterocycles. The normalized spacial score (nSPS) is 22.8. The van der Waals surface area contributed by atoms with Gasteiger partial charge in [-0.25, -0.2) is 8.78 Å². The fourth-order valence-electron chi connectivity index (χ4n) is 8.99. The second-order valence-corrected chi connectivity index (χ2v) is 21.4. The number of likely N-dealkylation sites (N-methyl/N-ethyl adjacent to an activating group) is 2. The molecule has 22 heteroatoms. The van der Waals surface area contributed by atoms with Gasteiger partial charge in [0.1, 0.15) is 24.7 Å². The van der Waals surface area contributed by atoms with Crippen molar-refractivity contribution in [1.29, 1.82) is 0 Å². The van der Waals surface area contributed by atoms with E-state index in [1.165, 1.54) is 53.1 Å². The van der Waals surface area contributed by atoms with Gasteiger partial charge in [-0.05, 0) is 171 Å². The summed E-state index contributed by atoms with van der Waals surface area (Å²) in [6, 6.07) is -5.48. The lowest BCUT2D eigenvalue weighted by Crippen LogP contribution is -2.42. The average molecular weight is 1400 g/mol. The molecule has 96 heavy (non-hydrogen) atoms. The van der Waals surface area contributed by atoms with Crippen molar-refractivity contribution in [3.05, 3.63) is 233 Å². The van der Waals surface area contributed by atoms with Crippen LogP contribution in [0.3, 0.4) is 0 Å². The first-order chi connectivity index (χ1) is 61.1. The molecule has 0 fully saturated rings. The second kappa shape index (κ2) is 32.9. The van der Waals surface area contributed by atoms with Crippen LogP contribution in [-0.4, -0.2) is 102 Å². The lowest BCUT2D eigenvalue weighted by Gasteiger charge is -2.33. The molecule has 508 valence electrons. The summed E-state index contributed by atoms with van der Waals surface area (Å²) in [6.45, 7) is -32.8. The Balaban J connectivity index is 0.000000316. The lowest BCUT2D eigenvalue weighted by molar-refractivity contribution is -0.138. The third-order valence-electron chi connectivity index (χ3n) is 13.8. The number of benzene rings is 6. The van der Waals surface area contributed by atoms with Crippen LogP contribution in [-0.2, 0) is 78.5 Å². The number of carbonyl (C=O) groups excluding carboxylic acids is 2. The van der Waals surface area contributed by atoms with Crippen LogP contribution in [0.25, 0.3) is 22.3 Å². The number of alkyl halides is 6. The maximum Gasteiger partial charge on any atom is 0.416 e. The van der Waals surface area contributed by atoms with Gasteiger partial charge in [-0.15, -0.1) is 0 Å². The number of amides is 2. The maximum absolute atomic E-state index is 15.4. The van der Waals surface area contributed by atoms with Crippen LogP contribution in [0.15, 0.2) is 159 Å². The molecule has 10 rings (SSSR count). The van der Waals surface area contributed by atoms with Gasteiger partial charge in [-0.3, -0.25) is 19.2 Å². The number of carbonyl (C=O) groups is 2. The summed E-state index contributed by atoms with van der Waals surface area (Å²) in [6.07, 6.45) is -20.7. The highest BCUT2D eigenvalue weighted by molar-refractivity contribution is 7.98. The Hall–Kier alpha value is -7.92. The average Bonchev–Trinajstić information content (AvgIpc) is 1.62. The molecule has 12 nitrogen and oxygen atoms in total. The summed E-state index contributed by atoms with van der Waals surface area (Å²) in [5.41, 5.74) is -20.1. The van der Waals surface area contributed by atoms with Crippen LogP contribution in [0.2, 0.25) is 0 Å². The van der Waals surface area contributed by atoms with E-state index in [-0.39, 0.29) is 54.7 Å². The summed E-state index contributed by atoms with van der Waals surface area (Å²) in [4.78, 5) is 63.5. The SMILES string of the molecule is [2H]C([2H])(Sc1nc(=O)c2c(n1CC(=O)N(C([2H])(C)c1ccc(-c3ccc(C(F)(F)F)cc3)cc1)C([2H])([2H])C([2H])([2H])N(C([2H])([2H])C)C([2H])([2H])C)CCC2)c1ccc(F)cc1.[2H]c1c([2H])c(C([2H])([2H])Sc2nc(=O)c3c(n2CC(=O)N(C([2H])([2H])c2c([2H])c([2H])c(-c4c([2H])c([2H])c(C(F)(F)F)c(C)c4[2H])c([2H])c2[2H])C([2H])([2H])C([2H])([2H])N(C([2H])([2H])C)C([2H])([2H])C)C([2H])([2H])C([2H])([2H])C3([2H])[2H])c([2H])c([2H])c1F. The minimum absolute atomic E-state index is 0.0241.